The SMILES string of the molecule is COc1ccc(C(=O)NCc2nnc(SCc3cccc(C)c3)n2-c2ccc(Br)cc2)cc1. The first-order chi connectivity index (χ1) is 16.0. The molecule has 168 valence electrons. The molecule has 0 unspecified atom stereocenters. The maximum absolute atomic E-state index is 12.6. The van der Waals surface area contributed by atoms with Gasteiger partial charge in [-0.05, 0) is 61.0 Å². The largest absolute Gasteiger partial charge is 0.497 e. The van der Waals surface area contributed by atoms with E-state index < -0.39 is 0 Å². The van der Waals surface area contributed by atoms with Crippen molar-refractivity contribution in [3.05, 3.63) is 99.8 Å². The minimum absolute atomic E-state index is 0.183. The Morgan fingerprint density at radius 3 is 2.52 bits per heavy atom. The number of ether oxygens (including phenoxy) is 1. The zero-order valence-electron chi connectivity index (χ0n) is 18.3. The van der Waals surface area contributed by atoms with Gasteiger partial charge in [0.25, 0.3) is 5.91 Å². The summed E-state index contributed by atoms with van der Waals surface area (Å²) in [5, 5.41) is 12.5. The normalized spacial score (nSPS) is 10.8. The molecule has 3 aromatic carbocycles. The van der Waals surface area contributed by atoms with Gasteiger partial charge < -0.3 is 10.1 Å². The molecule has 8 heteroatoms. The summed E-state index contributed by atoms with van der Waals surface area (Å²) in [5.41, 5.74) is 3.94. The van der Waals surface area contributed by atoms with Gasteiger partial charge in [0, 0.05) is 21.5 Å². The Kier molecular flexibility index (Phi) is 7.47. The fraction of sp³-hybridized carbons (Fsp3) is 0.160. The van der Waals surface area contributed by atoms with Crippen LogP contribution in [0.15, 0.2) is 82.4 Å². The predicted molar refractivity (Wildman–Crippen MR) is 134 cm³/mol. The summed E-state index contributed by atoms with van der Waals surface area (Å²) in [6.07, 6.45) is 0. The molecular weight excluding hydrogens is 500 g/mol. The number of nitrogens with one attached hydrogen (secondary N) is 1. The van der Waals surface area contributed by atoms with Crippen LogP contribution in [0.5, 0.6) is 5.75 Å². The van der Waals surface area contributed by atoms with Gasteiger partial charge >= 0.3 is 0 Å². The number of aromatic nitrogens is 3. The average molecular weight is 523 g/mol. The Labute approximate surface area is 205 Å². The minimum Gasteiger partial charge on any atom is -0.497 e. The average Bonchev–Trinajstić information content (AvgIpc) is 3.24. The first-order valence-electron chi connectivity index (χ1n) is 10.3. The monoisotopic (exact) mass is 522 g/mol. The number of methoxy groups -OCH3 is 1. The summed E-state index contributed by atoms with van der Waals surface area (Å²) >= 11 is 5.10. The number of amides is 1. The van der Waals surface area contributed by atoms with Crippen molar-refractivity contribution in [1.82, 2.24) is 20.1 Å². The van der Waals surface area contributed by atoms with Crippen LogP contribution in [0.2, 0.25) is 0 Å². The number of aryl methyl sites for hydroxylation is 1. The zero-order chi connectivity index (χ0) is 23.2. The molecule has 1 heterocycles. The van der Waals surface area contributed by atoms with Gasteiger partial charge in [-0.1, -0.05) is 57.5 Å². The lowest BCUT2D eigenvalue weighted by molar-refractivity contribution is 0.0949. The predicted octanol–water partition coefficient (Wildman–Crippen LogP) is 5.57. The molecule has 1 N–H and O–H groups in total. The van der Waals surface area contributed by atoms with E-state index in [-0.39, 0.29) is 12.5 Å². The third-order valence-electron chi connectivity index (χ3n) is 4.99. The molecule has 0 aliphatic rings. The fourth-order valence-corrected chi connectivity index (χ4v) is 4.49. The van der Waals surface area contributed by atoms with Gasteiger partial charge in [-0.2, -0.15) is 0 Å². The molecule has 4 rings (SSSR count). The highest BCUT2D eigenvalue weighted by atomic mass is 79.9. The van der Waals surface area contributed by atoms with Crippen LogP contribution in [0.25, 0.3) is 5.69 Å². The van der Waals surface area contributed by atoms with Crippen molar-refractivity contribution < 1.29 is 9.53 Å². The molecule has 33 heavy (non-hydrogen) atoms. The third kappa shape index (κ3) is 5.83. The van der Waals surface area contributed by atoms with Crippen molar-refractivity contribution >= 4 is 33.6 Å². The van der Waals surface area contributed by atoms with E-state index in [4.69, 9.17) is 4.74 Å². The number of carbonyl (C=O) groups excluding carboxylic acids is 1. The van der Waals surface area contributed by atoms with E-state index in [1.54, 1.807) is 43.1 Å². The molecule has 0 radical (unpaired) electrons. The minimum atomic E-state index is -0.183. The highest BCUT2D eigenvalue weighted by molar-refractivity contribution is 9.10. The summed E-state index contributed by atoms with van der Waals surface area (Å²) in [7, 11) is 1.60. The molecule has 4 aromatic rings. The van der Waals surface area contributed by atoms with Crippen molar-refractivity contribution in [2.24, 2.45) is 0 Å². The second-order valence-corrected chi connectivity index (χ2v) is 9.26. The number of thioether (sulfide) groups is 1. The maximum Gasteiger partial charge on any atom is 0.251 e. The van der Waals surface area contributed by atoms with Crippen LogP contribution < -0.4 is 10.1 Å². The van der Waals surface area contributed by atoms with Crippen LogP contribution in [-0.2, 0) is 12.3 Å². The van der Waals surface area contributed by atoms with Crippen LogP contribution >= 0.6 is 27.7 Å². The Hall–Kier alpha value is -3.10. The van der Waals surface area contributed by atoms with E-state index in [2.05, 4.69) is 62.6 Å². The summed E-state index contributed by atoms with van der Waals surface area (Å²) < 4.78 is 8.13. The van der Waals surface area contributed by atoms with Crippen LogP contribution in [-0.4, -0.2) is 27.8 Å². The molecule has 1 aromatic heterocycles. The number of nitrogens with zero attached hydrogens (tertiary/aromatic N) is 3. The first kappa shape index (κ1) is 23.1. The Bertz CT molecular complexity index is 1240. The number of halogens is 1. The van der Waals surface area contributed by atoms with Crippen LogP contribution in [0.1, 0.15) is 27.3 Å². The zero-order valence-corrected chi connectivity index (χ0v) is 20.7. The molecular formula is C25H23BrN4O2S. The Balaban J connectivity index is 1.55. The van der Waals surface area contributed by atoms with Gasteiger partial charge in [0.15, 0.2) is 11.0 Å². The van der Waals surface area contributed by atoms with Crippen LogP contribution in [0, 0.1) is 6.92 Å². The maximum atomic E-state index is 12.6. The van der Waals surface area contributed by atoms with Crippen LogP contribution in [0.4, 0.5) is 0 Å². The Morgan fingerprint density at radius 2 is 1.82 bits per heavy atom. The highest BCUT2D eigenvalue weighted by Crippen LogP contribution is 2.26. The van der Waals surface area contributed by atoms with Crippen molar-refractivity contribution in [2.75, 3.05) is 7.11 Å². The smallest absolute Gasteiger partial charge is 0.251 e. The van der Waals surface area contributed by atoms with Gasteiger partial charge in [0.1, 0.15) is 5.75 Å². The lowest BCUT2D eigenvalue weighted by Crippen LogP contribution is -2.24. The van der Waals surface area contributed by atoms with Gasteiger partial charge in [-0.3, -0.25) is 9.36 Å². The van der Waals surface area contributed by atoms with E-state index in [0.29, 0.717) is 17.1 Å². The standard InChI is InChI=1S/C25H23BrN4O2S/c1-17-4-3-5-18(14-17)16-33-25-29-28-23(30(25)21-10-8-20(26)9-11-21)15-27-24(31)19-6-12-22(32-2)13-7-19/h3-14H,15-16H2,1-2H3,(H,27,31). The van der Waals surface area contributed by atoms with E-state index >= 15 is 0 Å². The highest BCUT2D eigenvalue weighted by Gasteiger charge is 2.16. The Morgan fingerprint density at radius 1 is 1.06 bits per heavy atom. The molecule has 0 aliphatic heterocycles. The van der Waals surface area contributed by atoms with Crippen molar-refractivity contribution in [2.45, 2.75) is 24.4 Å². The molecule has 6 nitrogen and oxygen atoms in total. The first-order valence-corrected chi connectivity index (χ1v) is 12.1. The van der Waals surface area contributed by atoms with E-state index in [1.165, 1.54) is 11.1 Å². The van der Waals surface area contributed by atoms with Crippen molar-refractivity contribution in [3.63, 3.8) is 0 Å². The number of hydrogen-bond acceptors (Lipinski definition) is 5. The van der Waals surface area contributed by atoms with E-state index in [0.717, 1.165) is 21.1 Å². The molecule has 0 aliphatic carbocycles. The van der Waals surface area contributed by atoms with Crippen LogP contribution in [0.3, 0.4) is 0 Å². The van der Waals surface area contributed by atoms with Gasteiger partial charge in [-0.25, -0.2) is 0 Å². The van der Waals surface area contributed by atoms with Gasteiger partial charge in [0.2, 0.25) is 0 Å². The molecule has 0 fully saturated rings. The molecule has 0 saturated heterocycles. The van der Waals surface area contributed by atoms with Crippen molar-refractivity contribution in [1.29, 1.82) is 0 Å². The molecule has 0 bridgehead atoms. The summed E-state index contributed by atoms with van der Waals surface area (Å²) in [4.78, 5) is 12.6. The number of benzene rings is 3. The van der Waals surface area contributed by atoms with E-state index in [9.17, 15) is 4.79 Å². The second kappa shape index (κ2) is 10.7. The topological polar surface area (TPSA) is 69.0 Å². The van der Waals surface area contributed by atoms with Gasteiger partial charge in [0.05, 0.1) is 13.7 Å². The summed E-state index contributed by atoms with van der Waals surface area (Å²) in [6, 6.07) is 23.4. The third-order valence-corrected chi connectivity index (χ3v) is 6.52. The molecule has 0 saturated carbocycles. The lowest BCUT2D eigenvalue weighted by atomic mass is 10.2. The van der Waals surface area contributed by atoms with E-state index in [1.807, 2.05) is 28.8 Å². The summed E-state index contributed by atoms with van der Waals surface area (Å²) in [6.45, 7) is 2.33. The second-order valence-electron chi connectivity index (χ2n) is 7.40. The quantitative estimate of drug-likeness (QED) is 0.306. The molecule has 1 amide bonds. The lowest BCUT2D eigenvalue weighted by Gasteiger charge is -2.11. The van der Waals surface area contributed by atoms with Crippen molar-refractivity contribution in [3.8, 4) is 11.4 Å². The molecule has 0 spiro atoms. The number of rotatable bonds is 8. The fourth-order valence-electron chi connectivity index (χ4n) is 3.31. The number of carbonyl (C=O) groups is 1. The number of hydrogen-bond donors (Lipinski definition) is 1. The van der Waals surface area contributed by atoms with Gasteiger partial charge in [-0.15, -0.1) is 10.2 Å². The summed E-state index contributed by atoms with van der Waals surface area (Å²) in [5.74, 6) is 1.95. The molecule has 0 atom stereocenters.